The number of benzene rings is 1. The Morgan fingerprint density at radius 3 is 2.50 bits per heavy atom. The Morgan fingerprint density at radius 2 is 1.89 bits per heavy atom. The van der Waals surface area contributed by atoms with Gasteiger partial charge >= 0.3 is 0 Å². The van der Waals surface area contributed by atoms with Crippen molar-refractivity contribution in [2.45, 2.75) is 19.1 Å². The molecule has 1 heterocycles. The lowest BCUT2D eigenvalue weighted by Crippen LogP contribution is -2.22. The zero-order chi connectivity index (χ0) is 13.2. The number of hydrogen-bond donors (Lipinski definition) is 2. The SMILES string of the molecule is CC(C)S(=O)(=O)Nc1cc(-c2ccccc2)[nH]n1. The molecule has 6 heteroatoms. The molecule has 0 saturated heterocycles. The Hall–Kier alpha value is -1.82. The van der Waals surface area contributed by atoms with Crippen molar-refractivity contribution in [3.8, 4) is 11.3 Å². The molecule has 0 amide bonds. The molecule has 2 rings (SSSR count). The summed E-state index contributed by atoms with van der Waals surface area (Å²) in [4.78, 5) is 0. The molecular formula is C12H15N3O2S. The first kappa shape index (κ1) is 12.6. The number of aromatic nitrogens is 2. The van der Waals surface area contributed by atoms with Crippen LogP contribution < -0.4 is 4.72 Å². The second-order valence-corrected chi connectivity index (χ2v) is 6.47. The van der Waals surface area contributed by atoms with Gasteiger partial charge in [-0.1, -0.05) is 30.3 Å². The Bertz CT molecular complexity index is 618. The van der Waals surface area contributed by atoms with Crippen molar-refractivity contribution in [3.63, 3.8) is 0 Å². The van der Waals surface area contributed by atoms with Crippen molar-refractivity contribution >= 4 is 15.8 Å². The zero-order valence-electron chi connectivity index (χ0n) is 10.2. The first-order chi connectivity index (χ1) is 8.49. The van der Waals surface area contributed by atoms with Crippen LogP contribution in [0.25, 0.3) is 11.3 Å². The van der Waals surface area contributed by atoms with E-state index >= 15 is 0 Å². The van der Waals surface area contributed by atoms with Gasteiger partial charge in [-0.2, -0.15) is 5.10 Å². The summed E-state index contributed by atoms with van der Waals surface area (Å²) in [5.41, 5.74) is 1.73. The summed E-state index contributed by atoms with van der Waals surface area (Å²) >= 11 is 0. The summed E-state index contributed by atoms with van der Waals surface area (Å²) in [7, 11) is -3.35. The topological polar surface area (TPSA) is 74.8 Å². The summed E-state index contributed by atoms with van der Waals surface area (Å²) in [6.07, 6.45) is 0. The maximum absolute atomic E-state index is 11.7. The van der Waals surface area contributed by atoms with Crippen LogP contribution in [0.1, 0.15) is 13.8 Å². The highest BCUT2D eigenvalue weighted by atomic mass is 32.2. The summed E-state index contributed by atoms with van der Waals surface area (Å²) in [6, 6.07) is 11.3. The molecule has 0 aliphatic heterocycles. The smallest absolute Gasteiger partial charge is 0.236 e. The third-order valence-electron chi connectivity index (χ3n) is 2.53. The van der Waals surface area contributed by atoms with E-state index in [2.05, 4.69) is 14.9 Å². The normalized spacial score (nSPS) is 11.7. The van der Waals surface area contributed by atoms with Crippen molar-refractivity contribution in [2.24, 2.45) is 0 Å². The molecule has 0 unspecified atom stereocenters. The second-order valence-electron chi connectivity index (χ2n) is 4.23. The summed E-state index contributed by atoms with van der Waals surface area (Å²) in [5, 5.41) is 6.26. The molecular weight excluding hydrogens is 250 g/mol. The van der Waals surface area contributed by atoms with Gasteiger partial charge in [-0.05, 0) is 19.4 Å². The highest BCUT2D eigenvalue weighted by Crippen LogP contribution is 2.20. The van der Waals surface area contributed by atoms with Crippen LogP contribution in [0.4, 0.5) is 5.82 Å². The van der Waals surface area contributed by atoms with Gasteiger partial charge in [-0.15, -0.1) is 0 Å². The van der Waals surface area contributed by atoms with Crippen LogP contribution >= 0.6 is 0 Å². The van der Waals surface area contributed by atoms with Crippen molar-refractivity contribution in [1.29, 1.82) is 0 Å². The van der Waals surface area contributed by atoms with Crippen LogP contribution in [0.5, 0.6) is 0 Å². The molecule has 1 aromatic carbocycles. The Kier molecular flexibility index (Phi) is 3.38. The average Bonchev–Trinajstić information content (AvgIpc) is 2.78. The third-order valence-corrected chi connectivity index (χ3v) is 4.26. The second kappa shape index (κ2) is 4.81. The quantitative estimate of drug-likeness (QED) is 0.890. The average molecular weight is 265 g/mol. The third kappa shape index (κ3) is 2.70. The fraction of sp³-hybridized carbons (Fsp3) is 0.250. The van der Waals surface area contributed by atoms with Crippen LogP contribution in [0.2, 0.25) is 0 Å². The van der Waals surface area contributed by atoms with Gasteiger partial charge in [0.1, 0.15) is 0 Å². The molecule has 1 aromatic heterocycles. The molecule has 2 aromatic rings. The van der Waals surface area contributed by atoms with Crippen LogP contribution in [0.15, 0.2) is 36.4 Å². The van der Waals surface area contributed by atoms with Crippen LogP contribution in [0, 0.1) is 0 Å². The van der Waals surface area contributed by atoms with Gasteiger partial charge in [0.05, 0.1) is 10.9 Å². The van der Waals surface area contributed by atoms with Gasteiger partial charge in [0, 0.05) is 6.07 Å². The fourth-order valence-corrected chi connectivity index (χ4v) is 2.03. The van der Waals surface area contributed by atoms with E-state index in [0.717, 1.165) is 11.3 Å². The molecule has 2 N–H and O–H groups in total. The van der Waals surface area contributed by atoms with E-state index < -0.39 is 15.3 Å². The first-order valence-corrected chi connectivity index (χ1v) is 7.16. The number of H-pyrrole nitrogens is 1. The summed E-state index contributed by atoms with van der Waals surface area (Å²) in [6.45, 7) is 3.24. The van der Waals surface area contributed by atoms with E-state index in [-0.39, 0.29) is 0 Å². The largest absolute Gasteiger partial charge is 0.276 e. The Morgan fingerprint density at radius 1 is 1.22 bits per heavy atom. The standard InChI is InChI=1S/C12H15N3O2S/c1-9(2)18(16,17)15-12-8-11(13-14-12)10-6-4-3-5-7-10/h3-9H,1-2H3,(H2,13,14,15). The van der Waals surface area contributed by atoms with Crippen LogP contribution in [0.3, 0.4) is 0 Å². The van der Waals surface area contributed by atoms with Gasteiger partial charge in [-0.3, -0.25) is 9.82 Å². The monoisotopic (exact) mass is 265 g/mol. The number of rotatable bonds is 4. The number of hydrogen-bond acceptors (Lipinski definition) is 3. The summed E-state index contributed by atoms with van der Waals surface area (Å²) < 4.78 is 25.8. The molecule has 18 heavy (non-hydrogen) atoms. The number of nitrogens with one attached hydrogen (secondary N) is 2. The van der Waals surface area contributed by atoms with Gasteiger partial charge in [0.25, 0.3) is 0 Å². The molecule has 0 aliphatic rings. The van der Waals surface area contributed by atoms with Crippen molar-refractivity contribution < 1.29 is 8.42 Å². The molecule has 0 aliphatic carbocycles. The van der Waals surface area contributed by atoms with Crippen molar-refractivity contribution in [3.05, 3.63) is 36.4 Å². The number of sulfonamides is 1. The lowest BCUT2D eigenvalue weighted by molar-refractivity contribution is 0.592. The molecule has 0 atom stereocenters. The molecule has 0 radical (unpaired) electrons. The van der Waals surface area contributed by atoms with E-state index in [1.54, 1.807) is 19.9 Å². The molecule has 0 spiro atoms. The maximum atomic E-state index is 11.7. The lowest BCUT2D eigenvalue weighted by Gasteiger charge is -2.07. The molecule has 0 bridgehead atoms. The molecule has 0 fully saturated rings. The molecule has 5 nitrogen and oxygen atoms in total. The lowest BCUT2D eigenvalue weighted by atomic mass is 10.2. The first-order valence-electron chi connectivity index (χ1n) is 5.61. The van der Waals surface area contributed by atoms with Gasteiger partial charge in [0.2, 0.25) is 10.0 Å². The predicted molar refractivity (Wildman–Crippen MR) is 71.7 cm³/mol. The minimum Gasteiger partial charge on any atom is -0.276 e. The number of aromatic amines is 1. The zero-order valence-corrected chi connectivity index (χ0v) is 11.0. The number of nitrogens with zero attached hydrogens (tertiary/aromatic N) is 1. The van der Waals surface area contributed by atoms with E-state index in [9.17, 15) is 8.42 Å². The fourth-order valence-electron chi connectivity index (χ4n) is 1.40. The van der Waals surface area contributed by atoms with Crippen molar-refractivity contribution in [2.75, 3.05) is 4.72 Å². The minimum atomic E-state index is -3.35. The molecule has 96 valence electrons. The van der Waals surface area contributed by atoms with Crippen LogP contribution in [-0.2, 0) is 10.0 Å². The van der Waals surface area contributed by atoms with Crippen molar-refractivity contribution in [1.82, 2.24) is 10.2 Å². The molecule has 0 saturated carbocycles. The highest BCUT2D eigenvalue weighted by molar-refractivity contribution is 7.93. The predicted octanol–water partition coefficient (Wildman–Crippen LogP) is 2.23. The Balaban J connectivity index is 2.22. The van der Waals surface area contributed by atoms with E-state index in [1.165, 1.54) is 0 Å². The van der Waals surface area contributed by atoms with Gasteiger partial charge < -0.3 is 0 Å². The summed E-state index contributed by atoms with van der Waals surface area (Å²) in [5.74, 6) is 0.308. The number of anilines is 1. The highest BCUT2D eigenvalue weighted by Gasteiger charge is 2.17. The van der Waals surface area contributed by atoms with E-state index in [1.807, 2.05) is 30.3 Å². The van der Waals surface area contributed by atoms with E-state index in [0.29, 0.717) is 5.82 Å². The van der Waals surface area contributed by atoms with Gasteiger partial charge in [-0.25, -0.2) is 8.42 Å². The Labute approximate surface area is 106 Å². The van der Waals surface area contributed by atoms with E-state index in [4.69, 9.17) is 0 Å². The maximum Gasteiger partial charge on any atom is 0.236 e. The minimum absolute atomic E-state index is 0.308. The van der Waals surface area contributed by atoms with Gasteiger partial charge in [0.15, 0.2) is 5.82 Å². The van der Waals surface area contributed by atoms with Crippen LogP contribution in [-0.4, -0.2) is 23.9 Å².